The highest BCUT2D eigenvalue weighted by Gasteiger charge is 2.27. The maximum absolute atomic E-state index is 11.4. The molecule has 0 aromatic carbocycles. The molecule has 1 aliphatic heterocycles. The van der Waals surface area contributed by atoms with Gasteiger partial charge in [0.15, 0.2) is 0 Å². The van der Waals surface area contributed by atoms with Gasteiger partial charge < -0.3 is 11.1 Å². The van der Waals surface area contributed by atoms with Crippen LogP contribution in [0.15, 0.2) is 0 Å². The van der Waals surface area contributed by atoms with Crippen LogP contribution in [0.3, 0.4) is 0 Å². The van der Waals surface area contributed by atoms with E-state index < -0.39 is 11.9 Å². The molecular weight excluding hydrogens is 210 g/mol. The van der Waals surface area contributed by atoms with Gasteiger partial charge in [0, 0.05) is 18.9 Å². The van der Waals surface area contributed by atoms with Gasteiger partial charge in [-0.2, -0.15) is 0 Å². The van der Waals surface area contributed by atoms with Gasteiger partial charge in [0.1, 0.15) is 6.04 Å². The maximum Gasteiger partial charge on any atom is 0.249 e. The van der Waals surface area contributed by atoms with E-state index in [0.29, 0.717) is 19.3 Å². The van der Waals surface area contributed by atoms with Gasteiger partial charge in [0.2, 0.25) is 17.7 Å². The first-order valence-electron chi connectivity index (χ1n) is 5.37. The van der Waals surface area contributed by atoms with Crippen molar-refractivity contribution < 1.29 is 14.4 Å². The lowest BCUT2D eigenvalue weighted by molar-refractivity contribution is -0.137. The lowest BCUT2D eigenvalue weighted by Gasteiger charge is -2.21. The summed E-state index contributed by atoms with van der Waals surface area (Å²) in [6.45, 7) is 1.82. The molecule has 4 N–H and O–H groups in total. The van der Waals surface area contributed by atoms with Crippen molar-refractivity contribution in [3.05, 3.63) is 0 Å². The highest BCUT2D eigenvalue weighted by atomic mass is 16.2. The molecule has 2 unspecified atom stereocenters. The average molecular weight is 227 g/mol. The molecule has 0 spiro atoms. The second-order valence-corrected chi connectivity index (χ2v) is 4.09. The molecule has 0 bridgehead atoms. The van der Waals surface area contributed by atoms with Gasteiger partial charge in [-0.05, 0) is 19.8 Å². The van der Waals surface area contributed by atoms with E-state index >= 15 is 0 Å². The number of piperidine rings is 1. The molecule has 0 aliphatic carbocycles. The summed E-state index contributed by atoms with van der Waals surface area (Å²) >= 11 is 0. The Morgan fingerprint density at radius 1 is 1.62 bits per heavy atom. The average Bonchev–Trinajstić information content (AvgIpc) is 2.19. The summed E-state index contributed by atoms with van der Waals surface area (Å²) in [7, 11) is 0. The Kier molecular flexibility index (Phi) is 4.42. The van der Waals surface area contributed by atoms with E-state index in [1.807, 2.05) is 6.92 Å². The zero-order valence-corrected chi connectivity index (χ0v) is 9.29. The van der Waals surface area contributed by atoms with E-state index in [9.17, 15) is 14.4 Å². The Hall–Kier alpha value is -1.43. The number of rotatable bonds is 4. The Bertz CT molecular complexity index is 302. The second-order valence-electron chi connectivity index (χ2n) is 4.09. The zero-order valence-electron chi connectivity index (χ0n) is 9.29. The Morgan fingerprint density at radius 2 is 2.31 bits per heavy atom. The van der Waals surface area contributed by atoms with Gasteiger partial charge in [0.25, 0.3) is 0 Å². The van der Waals surface area contributed by atoms with Crippen molar-refractivity contribution in [1.82, 2.24) is 10.6 Å². The van der Waals surface area contributed by atoms with Crippen LogP contribution in [0.1, 0.15) is 32.6 Å². The van der Waals surface area contributed by atoms with Crippen LogP contribution < -0.4 is 16.4 Å². The summed E-state index contributed by atoms with van der Waals surface area (Å²) in [4.78, 5) is 33.6. The van der Waals surface area contributed by atoms with E-state index in [1.54, 1.807) is 0 Å². The Balaban J connectivity index is 2.33. The standard InChI is InChI=1S/C10H17N3O3/c1-6(11)2-4-8(14)12-7-3-5-9(15)13-10(7)16/h6-7H,2-5,11H2,1H3,(H,12,14)(H,13,15,16). The van der Waals surface area contributed by atoms with Crippen LogP contribution >= 0.6 is 0 Å². The molecule has 1 fully saturated rings. The van der Waals surface area contributed by atoms with Crippen LogP contribution in [0, 0.1) is 0 Å². The number of hydrogen-bond acceptors (Lipinski definition) is 4. The normalized spacial score (nSPS) is 22.5. The fourth-order valence-electron chi connectivity index (χ4n) is 1.46. The van der Waals surface area contributed by atoms with Crippen LogP contribution in [0.4, 0.5) is 0 Å². The molecule has 0 aromatic heterocycles. The third-order valence-corrected chi connectivity index (χ3v) is 2.40. The SMILES string of the molecule is CC(N)CCC(=O)NC1CCC(=O)NC1=O. The first kappa shape index (κ1) is 12.6. The van der Waals surface area contributed by atoms with Crippen molar-refractivity contribution >= 4 is 17.7 Å². The predicted octanol–water partition coefficient (Wildman–Crippen LogP) is -0.965. The smallest absolute Gasteiger partial charge is 0.249 e. The quantitative estimate of drug-likeness (QED) is 0.538. The van der Waals surface area contributed by atoms with Gasteiger partial charge in [-0.1, -0.05) is 0 Å². The molecule has 1 heterocycles. The molecule has 16 heavy (non-hydrogen) atoms. The molecule has 1 aliphatic rings. The molecule has 1 saturated heterocycles. The monoisotopic (exact) mass is 227 g/mol. The molecule has 2 atom stereocenters. The number of nitrogens with two attached hydrogens (primary N) is 1. The Labute approximate surface area is 93.9 Å². The molecule has 6 nitrogen and oxygen atoms in total. The molecule has 0 aromatic rings. The van der Waals surface area contributed by atoms with E-state index in [1.165, 1.54) is 0 Å². The summed E-state index contributed by atoms with van der Waals surface area (Å²) < 4.78 is 0. The predicted molar refractivity (Wildman–Crippen MR) is 57.2 cm³/mol. The van der Waals surface area contributed by atoms with Crippen molar-refractivity contribution in [1.29, 1.82) is 0 Å². The first-order chi connectivity index (χ1) is 7.49. The Morgan fingerprint density at radius 3 is 2.88 bits per heavy atom. The molecule has 3 amide bonds. The molecular formula is C10H17N3O3. The lowest BCUT2D eigenvalue weighted by atomic mass is 10.1. The van der Waals surface area contributed by atoms with Gasteiger partial charge in [-0.3, -0.25) is 19.7 Å². The van der Waals surface area contributed by atoms with E-state index in [2.05, 4.69) is 10.6 Å². The van der Waals surface area contributed by atoms with Crippen molar-refractivity contribution in [3.8, 4) is 0 Å². The van der Waals surface area contributed by atoms with Crippen LogP contribution in [0.2, 0.25) is 0 Å². The number of hydrogen-bond donors (Lipinski definition) is 3. The van der Waals surface area contributed by atoms with Crippen molar-refractivity contribution in [2.24, 2.45) is 5.73 Å². The maximum atomic E-state index is 11.4. The third kappa shape index (κ3) is 3.98. The van der Waals surface area contributed by atoms with Gasteiger partial charge >= 0.3 is 0 Å². The molecule has 90 valence electrons. The van der Waals surface area contributed by atoms with Gasteiger partial charge in [0.05, 0.1) is 0 Å². The fraction of sp³-hybridized carbons (Fsp3) is 0.700. The van der Waals surface area contributed by atoms with Crippen molar-refractivity contribution in [2.75, 3.05) is 0 Å². The minimum atomic E-state index is -0.585. The second kappa shape index (κ2) is 5.60. The molecule has 0 saturated carbocycles. The molecule has 1 rings (SSSR count). The first-order valence-corrected chi connectivity index (χ1v) is 5.37. The lowest BCUT2D eigenvalue weighted by Crippen LogP contribution is -2.52. The number of imide groups is 1. The van der Waals surface area contributed by atoms with E-state index in [-0.39, 0.29) is 24.3 Å². The minimum Gasteiger partial charge on any atom is -0.344 e. The molecule has 6 heteroatoms. The van der Waals surface area contributed by atoms with E-state index in [0.717, 1.165) is 0 Å². The van der Waals surface area contributed by atoms with Crippen LogP contribution in [0.25, 0.3) is 0 Å². The topological polar surface area (TPSA) is 101 Å². The molecule has 0 radical (unpaired) electrons. The third-order valence-electron chi connectivity index (χ3n) is 2.40. The van der Waals surface area contributed by atoms with E-state index in [4.69, 9.17) is 5.73 Å². The number of carbonyl (C=O) groups is 3. The summed E-state index contributed by atoms with van der Waals surface area (Å²) in [6, 6.07) is -0.620. The van der Waals surface area contributed by atoms with Crippen LogP contribution in [-0.4, -0.2) is 29.8 Å². The minimum absolute atomic E-state index is 0.0347. The summed E-state index contributed by atoms with van der Waals surface area (Å²) in [5.74, 6) is -0.914. The number of amides is 3. The number of nitrogens with one attached hydrogen (secondary N) is 2. The fourth-order valence-corrected chi connectivity index (χ4v) is 1.46. The van der Waals surface area contributed by atoms with Crippen molar-refractivity contribution in [3.63, 3.8) is 0 Å². The van der Waals surface area contributed by atoms with Gasteiger partial charge in [-0.15, -0.1) is 0 Å². The van der Waals surface area contributed by atoms with Crippen LogP contribution in [0.5, 0.6) is 0 Å². The highest BCUT2D eigenvalue weighted by Crippen LogP contribution is 2.05. The summed E-state index contributed by atoms with van der Waals surface area (Å²) in [5, 5.41) is 4.77. The summed E-state index contributed by atoms with van der Waals surface area (Å²) in [5.41, 5.74) is 5.52. The van der Waals surface area contributed by atoms with Gasteiger partial charge in [-0.25, -0.2) is 0 Å². The van der Waals surface area contributed by atoms with Crippen molar-refractivity contribution in [2.45, 2.75) is 44.7 Å². The summed E-state index contributed by atoms with van der Waals surface area (Å²) in [6.07, 6.45) is 1.52. The largest absolute Gasteiger partial charge is 0.344 e. The zero-order chi connectivity index (χ0) is 12.1. The van der Waals surface area contributed by atoms with Crippen LogP contribution in [-0.2, 0) is 14.4 Å². The highest BCUT2D eigenvalue weighted by molar-refractivity contribution is 6.01. The number of carbonyl (C=O) groups excluding carboxylic acids is 3.